The van der Waals surface area contributed by atoms with E-state index in [1.54, 1.807) is 0 Å². The second-order valence-electron chi connectivity index (χ2n) is 5.07. The van der Waals surface area contributed by atoms with Gasteiger partial charge in [-0.3, -0.25) is 0 Å². The quantitative estimate of drug-likeness (QED) is 0.550. The highest BCUT2D eigenvalue weighted by atomic mass is 28.4. The molecule has 0 aliphatic heterocycles. The fourth-order valence-corrected chi connectivity index (χ4v) is 3.10. The van der Waals surface area contributed by atoms with Gasteiger partial charge in [0, 0.05) is 6.04 Å². The van der Waals surface area contributed by atoms with E-state index in [1.165, 1.54) is 25.7 Å². The van der Waals surface area contributed by atoms with Crippen molar-refractivity contribution in [3.8, 4) is 0 Å². The Hall–Kier alpha value is 0.137. The highest BCUT2D eigenvalue weighted by Crippen LogP contribution is 2.22. The maximum absolute atomic E-state index is 6.08. The third-order valence-corrected chi connectivity index (χ3v) is 3.52. The first-order valence-electron chi connectivity index (χ1n) is 5.42. The Kier molecular flexibility index (Phi) is 3.95. The van der Waals surface area contributed by atoms with Gasteiger partial charge in [-0.15, -0.1) is 0 Å². The van der Waals surface area contributed by atoms with Crippen molar-refractivity contribution < 1.29 is 4.43 Å². The monoisotopic (exact) mass is 201 g/mol. The van der Waals surface area contributed by atoms with E-state index >= 15 is 0 Å². The van der Waals surface area contributed by atoms with Gasteiger partial charge in [0.05, 0.1) is 6.10 Å². The molecular weight excluding hydrogens is 178 g/mol. The van der Waals surface area contributed by atoms with Gasteiger partial charge in [-0.1, -0.05) is 19.3 Å². The van der Waals surface area contributed by atoms with Gasteiger partial charge in [0.25, 0.3) is 0 Å². The summed E-state index contributed by atoms with van der Waals surface area (Å²) in [5.41, 5.74) is 6.08. The second-order valence-corrected chi connectivity index (χ2v) is 9.53. The molecule has 0 amide bonds. The van der Waals surface area contributed by atoms with E-state index in [-0.39, 0.29) is 6.04 Å². The van der Waals surface area contributed by atoms with Gasteiger partial charge in [0.15, 0.2) is 8.32 Å². The summed E-state index contributed by atoms with van der Waals surface area (Å²) in [6.07, 6.45) is 6.57. The van der Waals surface area contributed by atoms with Crippen LogP contribution in [0.25, 0.3) is 0 Å². The van der Waals surface area contributed by atoms with Gasteiger partial charge >= 0.3 is 0 Å². The molecule has 0 saturated heterocycles. The predicted octanol–water partition coefficient (Wildman–Crippen LogP) is 2.50. The van der Waals surface area contributed by atoms with Crippen LogP contribution in [0.1, 0.15) is 32.1 Å². The third-order valence-electron chi connectivity index (χ3n) is 2.51. The maximum Gasteiger partial charge on any atom is 0.184 e. The molecule has 2 nitrogen and oxygen atoms in total. The summed E-state index contributed by atoms with van der Waals surface area (Å²) < 4.78 is 6.08. The highest BCUT2D eigenvalue weighted by molar-refractivity contribution is 6.69. The van der Waals surface area contributed by atoms with Crippen molar-refractivity contribution in [3.05, 3.63) is 0 Å². The summed E-state index contributed by atoms with van der Waals surface area (Å²) in [6, 6.07) is 0.286. The SMILES string of the molecule is C[Si](C)(C)OC1CCCCCC1N. The summed E-state index contributed by atoms with van der Waals surface area (Å²) in [5, 5.41) is 0. The van der Waals surface area contributed by atoms with Crippen LogP contribution < -0.4 is 5.73 Å². The molecule has 1 fully saturated rings. The van der Waals surface area contributed by atoms with Crippen LogP contribution in [-0.2, 0) is 4.43 Å². The van der Waals surface area contributed by atoms with Crippen molar-refractivity contribution in [1.82, 2.24) is 0 Å². The Labute approximate surface area is 83.0 Å². The molecule has 1 aliphatic rings. The van der Waals surface area contributed by atoms with Crippen molar-refractivity contribution >= 4 is 8.32 Å². The predicted molar refractivity (Wildman–Crippen MR) is 59.3 cm³/mol. The van der Waals surface area contributed by atoms with Crippen LogP contribution >= 0.6 is 0 Å². The first-order valence-corrected chi connectivity index (χ1v) is 8.83. The fraction of sp³-hybridized carbons (Fsp3) is 1.00. The van der Waals surface area contributed by atoms with E-state index in [2.05, 4.69) is 19.6 Å². The molecule has 0 radical (unpaired) electrons. The van der Waals surface area contributed by atoms with E-state index in [0.717, 1.165) is 6.42 Å². The first-order chi connectivity index (χ1) is 5.99. The van der Waals surface area contributed by atoms with Crippen molar-refractivity contribution in [2.75, 3.05) is 0 Å². The molecule has 0 aromatic rings. The molecule has 0 spiro atoms. The Morgan fingerprint density at radius 1 is 1.08 bits per heavy atom. The number of hydrogen-bond acceptors (Lipinski definition) is 2. The van der Waals surface area contributed by atoms with Crippen LogP contribution in [0, 0.1) is 0 Å². The second kappa shape index (κ2) is 4.58. The van der Waals surface area contributed by atoms with E-state index in [1.807, 2.05) is 0 Å². The van der Waals surface area contributed by atoms with Gasteiger partial charge in [-0.2, -0.15) is 0 Å². The highest BCUT2D eigenvalue weighted by Gasteiger charge is 2.26. The van der Waals surface area contributed by atoms with Gasteiger partial charge in [-0.05, 0) is 32.5 Å². The summed E-state index contributed by atoms with van der Waals surface area (Å²) in [5.74, 6) is 0. The number of rotatable bonds is 2. The zero-order chi connectivity index (χ0) is 9.90. The molecule has 3 heteroatoms. The number of hydrogen-bond donors (Lipinski definition) is 1. The standard InChI is InChI=1S/C10H23NOSi/c1-13(2,3)12-10-8-6-4-5-7-9(10)11/h9-10H,4-8,11H2,1-3H3. The Bertz CT molecular complexity index is 155. The van der Waals surface area contributed by atoms with E-state index in [0.29, 0.717) is 6.10 Å². The summed E-state index contributed by atoms with van der Waals surface area (Å²) in [4.78, 5) is 0. The third kappa shape index (κ3) is 4.25. The molecule has 2 unspecified atom stereocenters. The van der Waals surface area contributed by atoms with Crippen LogP contribution in [0.3, 0.4) is 0 Å². The lowest BCUT2D eigenvalue weighted by molar-refractivity contribution is 0.155. The molecule has 0 bridgehead atoms. The molecule has 0 aromatic carbocycles. The van der Waals surface area contributed by atoms with Crippen molar-refractivity contribution in [2.45, 2.75) is 63.9 Å². The minimum atomic E-state index is -1.39. The van der Waals surface area contributed by atoms with Gasteiger partial charge in [0.2, 0.25) is 0 Å². The van der Waals surface area contributed by atoms with E-state index in [9.17, 15) is 0 Å². The van der Waals surface area contributed by atoms with Crippen LogP contribution in [-0.4, -0.2) is 20.5 Å². The summed E-state index contributed by atoms with van der Waals surface area (Å²) in [6.45, 7) is 6.72. The Morgan fingerprint density at radius 3 is 2.31 bits per heavy atom. The van der Waals surface area contributed by atoms with Crippen LogP contribution in [0.4, 0.5) is 0 Å². The van der Waals surface area contributed by atoms with Crippen molar-refractivity contribution in [3.63, 3.8) is 0 Å². The summed E-state index contributed by atoms with van der Waals surface area (Å²) >= 11 is 0. The molecule has 0 heterocycles. The number of nitrogens with two attached hydrogens (primary N) is 1. The van der Waals surface area contributed by atoms with Crippen LogP contribution in [0.5, 0.6) is 0 Å². The Morgan fingerprint density at radius 2 is 1.69 bits per heavy atom. The molecule has 1 aliphatic carbocycles. The van der Waals surface area contributed by atoms with E-state index in [4.69, 9.17) is 10.2 Å². The lowest BCUT2D eigenvalue weighted by Gasteiger charge is -2.29. The van der Waals surface area contributed by atoms with E-state index < -0.39 is 8.32 Å². The lowest BCUT2D eigenvalue weighted by Crippen LogP contribution is -2.42. The minimum absolute atomic E-state index is 0.286. The average Bonchev–Trinajstić information content (AvgIpc) is 2.14. The summed E-state index contributed by atoms with van der Waals surface area (Å²) in [7, 11) is -1.39. The van der Waals surface area contributed by atoms with Crippen molar-refractivity contribution in [2.24, 2.45) is 5.73 Å². The first kappa shape index (κ1) is 11.2. The lowest BCUT2D eigenvalue weighted by atomic mass is 10.1. The zero-order valence-corrected chi connectivity index (χ0v) is 10.2. The minimum Gasteiger partial charge on any atom is -0.413 e. The normalized spacial score (nSPS) is 31.4. The van der Waals surface area contributed by atoms with Crippen molar-refractivity contribution in [1.29, 1.82) is 0 Å². The molecule has 1 saturated carbocycles. The molecule has 2 N–H and O–H groups in total. The Balaban J connectivity index is 2.45. The largest absolute Gasteiger partial charge is 0.413 e. The average molecular weight is 201 g/mol. The molecule has 2 atom stereocenters. The van der Waals surface area contributed by atoms with Gasteiger partial charge < -0.3 is 10.2 Å². The molecular formula is C10H23NOSi. The topological polar surface area (TPSA) is 35.2 Å². The molecule has 78 valence electrons. The molecule has 0 aromatic heterocycles. The maximum atomic E-state index is 6.08. The molecule has 1 rings (SSSR count). The van der Waals surface area contributed by atoms with Gasteiger partial charge in [0.1, 0.15) is 0 Å². The van der Waals surface area contributed by atoms with Crippen LogP contribution in [0.2, 0.25) is 19.6 Å². The zero-order valence-electron chi connectivity index (χ0n) is 9.18. The fourth-order valence-electron chi connectivity index (χ4n) is 1.90. The van der Waals surface area contributed by atoms with Crippen LogP contribution in [0.15, 0.2) is 0 Å². The molecule has 13 heavy (non-hydrogen) atoms. The van der Waals surface area contributed by atoms with Gasteiger partial charge in [-0.25, -0.2) is 0 Å². The smallest absolute Gasteiger partial charge is 0.184 e.